The van der Waals surface area contributed by atoms with Gasteiger partial charge in [-0.2, -0.15) is 25.3 Å². The normalized spacial score (nSPS) is 13.8. The van der Waals surface area contributed by atoms with E-state index in [2.05, 4.69) is 25.3 Å². The van der Waals surface area contributed by atoms with Crippen molar-refractivity contribution in [3.05, 3.63) is 0 Å². The number of unbranched alkanes of at least 4 members (excludes halogenated alkanes) is 1. The van der Waals surface area contributed by atoms with Gasteiger partial charge in [0.25, 0.3) is 0 Å². The van der Waals surface area contributed by atoms with Gasteiger partial charge < -0.3 is 9.47 Å². The molecule has 0 saturated heterocycles. The van der Waals surface area contributed by atoms with Crippen molar-refractivity contribution >= 4 is 37.2 Å². The van der Waals surface area contributed by atoms with Crippen LogP contribution in [0.25, 0.3) is 0 Å². The lowest BCUT2D eigenvalue weighted by Gasteiger charge is -2.10. The zero-order valence-electron chi connectivity index (χ0n) is 10.9. The van der Waals surface area contributed by atoms with Gasteiger partial charge in [0.2, 0.25) is 0 Å². The zero-order valence-corrected chi connectivity index (χ0v) is 12.7. The molecule has 0 heterocycles. The molecule has 0 fully saturated rings. The van der Waals surface area contributed by atoms with Crippen LogP contribution in [0.15, 0.2) is 0 Å². The fourth-order valence-electron chi connectivity index (χ4n) is 1.08. The number of esters is 2. The summed E-state index contributed by atoms with van der Waals surface area (Å²) in [7, 11) is 0. The van der Waals surface area contributed by atoms with Crippen molar-refractivity contribution in [2.24, 2.45) is 0 Å². The van der Waals surface area contributed by atoms with Gasteiger partial charge in [-0.25, -0.2) is 0 Å². The van der Waals surface area contributed by atoms with E-state index < -0.39 is 0 Å². The van der Waals surface area contributed by atoms with Gasteiger partial charge >= 0.3 is 11.9 Å². The van der Waals surface area contributed by atoms with Crippen LogP contribution in [-0.4, -0.2) is 35.7 Å². The van der Waals surface area contributed by atoms with Crippen molar-refractivity contribution in [1.29, 1.82) is 0 Å². The molecule has 2 unspecified atom stereocenters. The van der Waals surface area contributed by atoms with Gasteiger partial charge in [0, 0.05) is 0 Å². The van der Waals surface area contributed by atoms with Crippen LogP contribution in [0.4, 0.5) is 0 Å². The van der Waals surface area contributed by atoms with Gasteiger partial charge in [0.15, 0.2) is 0 Å². The Hall–Kier alpha value is -0.360. The minimum atomic E-state index is -0.350. The predicted octanol–water partition coefficient (Wildman–Crippen LogP) is 2.27. The molecule has 0 radical (unpaired) electrons. The number of hydrogen-bond donors (Lipinski definition) is 2. The summed E-state index contributed by atoms with van der Waals surface area (Å²) in [5, 5.41) is -0.699. The van der Waals surface area contributed by atoms with Crippen LogP contribution >= 0.6 is 25.3 Å². The highest BCUT2D eigenvalue weighted by Crippen LogP contribution is 2.05. The van der Waals surface area contributed by atoms with Crippen LogP contribution in [0.1, 0.15) is 39.5 Å². The average molecular weight is 294 g/mol. The maximum atomic E-state index is 11.2. The standard InChI is InChI=1S/C12H22O4S2/c1-3-9(17)11(13)15-7-5-6-8-16-12(14)10(18)4-2/h9-10,17-18H,3-8H2,1-2H3. The first-order chi connectivity index (χ1) is 8.52. The lowest BCUT2D eigenvalue weighted by Crippen LogP contribution is -2.19. The van der Waals surface area contributed by atoms with Crippen LogP contribution in [0.2, 0.25) is 0 Å². The molecule has 0 aromatic heterocycles. The monoisotopic (exact) mass is 294 g/mol. The molecule has 6 heteroatoms. The first-order valence-electron chi connectivity index (χ1n) is 6.22. The highest BCUT2D eigenvalue weighted by molar-refractivity contribution is 7.82. The number of thiol groups is 2. The Labute approximate surface area is 120 Å². The SMILES string of the molecule is CCC(S)C(=O)OCCCCOC(=O)C(S)CC. The molecule has 106 valence electrons. The summed E-state index contributed by atoms with van der Waals surface area (Å²) >= 11 is 8.15. The van der Waals surface area contributed by atoms with E-state index in [0.29, 0.717) is 38.9 Å². The fourth-order valence-corrected chi connectivity index (χ4v) is 1.22. The fraction of sp³-hybridized carbons (Fsp3) is 0.833. The molecule has 0 saturated carbocycles. The van der Waals surface area contributed by atoms with Gasteiger partial charge in [-0.1, -0.05) is 13.8 Å². The summed E-state index contributed by atoms with van der Waals surface area (Å²) in [6, 6.07) is 0. The summed E-state index contributed by atoms with van der Waals surface area (Å²) in [5.74, 6) is -0.585. The number of carbonyl (C=O) groups excluding carboxylic acids is 2. The summed E-state index contributed by atoms with van der Waals surface area (Å²) < 4.78 is 10.00. The molecule has 2 atom stereocenters. The Balaban J connectivity index is 3.47. The Morgan fingerprint density at radius 2 is 1.22 bits per heavy atom. The lowest BCUT2D eigenvalue weighted by molar-refractivity contribution is -0.145. The topological polar surface area (TPSA) is 52.6 Å². The quantitative estimate of drug-likeness (QED) is 0.389. The minimum Gasteiger partial charge on any atom is -0.465 e. The van der Waals surface area contributed by atoms with Crippen molar-refractivity contribution in [3.63, 3.8) is 0 Å². The first-order valence-corrected chi connectivity index (χ1v) is 7.25. The van der Waals surface area contributed by atoms with Crippen LogP contribution in [0, 0.1) is 0 Å². The minimum absolute atomic E-state index is 0.292. The maximum absolute atomic E-state index is 11.2. The second-order valence-corrected chi connectivity index (χ2v) is 5.14. The van der Waals surface area contributed by atoms with E-state index in [0.717, 1.165) is 0 Å². The smallest absolute Gasteiger partial charge is 0.318 e. The first kappa shape index (κ1) is 17.6. The van der Waals surface area contributed by atoms with Gasteiger partial charge in [0.1, 0.15) is 0 Å². The van der Waals surface area contributed by atoms with E-state index >= 15 is 0 Å². The number of ether oxygens (including phenoxy) is 2. The molecule has 0 aliphatic carbocycles. The van der Waals surface area contributed by atoms with Crippen LogP contribution in [-0.2, 0) is 19.1 Å². The Kier molecular flexibility index (Phi) is 10.3. The zero-order chi connectivity index (χ0) is 14.0. The summed E-state index contributed by atoms with van der Waals surface area (Å²) in [6.45, 7) is 4.43. The predicted molar refractivity (Wildman–Crippen MR) is 77.3 cm³/mol. The van der Waals surface area contributed by atoms with E-state index in [1.165, 1.54) is 0 Å². The van der Waals surface area contributed by atoms with Crippen molar-refractivity contribution in [2.75, 3.05) is 13.2 Å². The summed E-state index contributed by atoms with van der Waals surface area (Å²) in [4.78, 5) is 22.5. The largest absolute Gasteiger partial charge is 0.465 e. The molecule has 0 aliphatic heterocycles. The molecule has 0 aromatic rings. The van der Waals surface area contributed by atoms with Crippen LogP contribution in [0.5, 0.6) is 0 Å². The Morgan fingerprint density at radius 1 is 0.889 bits per heavy atom. The highest BCUT2D eigenvalue weighted by atomic mass is 32.1. The molecule has 4 nitrogen and oxygen atoms in total. The molecule has 0 N–H and O–H groups in total. The van der Waals surface area contributed by atoms with Gasteiger partial charge in [-0.15, -0.1) is 0 Å². The molecule has 0 rings (SSSR count). The van der Waals surface area contributed by atoms with E-state index in [9.17, 15) is 9.59 Å². The molecule has 0 aromatic carbocycles. The lowest BCUT2D eigenvalue weighted by atomic mass is 10.3. The van der Waals surface area contributed by atoms with Crippen molar-refractivity contribution < 1.29 is 19.1 Å². The van der Waals surface area contributed by atoms with Gasteiger partial charge in [0.05, 0.1) is 23.7 Å². The van der Waals surface area contributed by atoms with Crippen molar-refractivity contribution in [3.8, 4) is 0 Å². The highest BCUT2D eigenvalue weighted by Gasteiger charge is 2.13. The third-order valence-electron chi connectivity index (χ3n) is 2.34. The van der Waals surface area contributed by atoms with Crippen LogP contribution < -0.4 is 0 Å². The van der Waals surface area contributed by atoms with Gasteiger partial charge in [-0.3, -0.25) is 9.59 Å². The van der Waals surface area contributed by atoms with Gasteiger partial charge in [-0.05, 0) is 25.7 Å². The van der Waals surface area contributed by atoms with E-state index in [4.69, 9.17) is 9.47 Å². The van der Waals surface area contributed by atoms with Crippen molar-refractivity contribution in [1.82, 2.24) is 0 Å². The molecular formula is C12H22O4S2. The molecule has 0 amide bonds. The van der Waals surface area contributed by atoms with Crippen molar-refractivity contribution in [2.45, 2.75) is 50.0 Å². The second-order valence-electron chi connectivity index (χ2n) is 3.89. The molecular weight excluding hydrogens is 272 g/mol. The Bertz CT molecular complexity index is 232. The van der Waals surface area contributed by atoms with Crippen LogP contribution in [0.3, 0.4) is 0 Å². The molecule has 0 bridgehead atoms. The molecule has 0 aliphatic rings. The van der Waals surface area contributed by atoms with E-state index in [1.54, 1.807) is 0 Å². The second kappa shape index (κ2) is 10.6. The van der Waals surface area contributed by atoms with E-state index in [1.807, 2.05) is 13.8 Å². The van der Waals surface area contributed by atoms with E-state index in [-0.39, 0.29) is 22.4 Å². The summed E-state index contributed by atoms with van der Waals surface area (Å²) in [5.41, 5.74) is 0. The third-order valence-corrected chi connectivity index (χ3v) is 3.50. The average Bonchev–Trinajstić information content (AvgIpc) is 2.39. The third kappa shape index (κ3) is 7.87. The number of rotatable bonds is 9. The molecule has 0 spiro atoms. The summed E-state index contributed by atoms with van der Waals surface area (Å²) in [6.07, 6.45) is 2.65. The maximum Gasteiger partial charge on any atom is 0.318 e. The number of carbonyl (C=O) groups is 2. The Morgan fingerprint density at radius 3 is 1.50 bits per heavy atom. The molecule has 18 heavy (non-hydrogen) atoms. The number of hydrogen-bond acceptors (Lipinski definition) is 6.